The van der Waals surface area contributed by atoms with Crippen LogP contribution in [0.3, 0.4) is 0 Å². The molecule has 2 heterocycles. The molecule has 2 aromatic heterocycles. The predicted octanol–water partition coefficient (Wildman–Crippen LogP) is 2.59. The molecule has 2 atom stereocenters. The van der Waals surface area contributed by atoms with Crippen LogP contribution in [0.4, 0.5) is 0 Å². The fourth-order valence-electron chi connectivity index (χ4n) is 3.37. The normalized spacial score (nSPS) is 19.7. The monoisotopic (exact) mass is 271 g/mol. The highest BCUT2D eigenvalue weighted by Crippen LogP contribution is 2.40. The van der Waals surface area contributed by atoms with Gasteiger partial charge in [-0.2, -0.15) is 5.10 Å². The van der Waals surface area contributed by atoms with E-state index in [0.717, 1.165) is 41.9 Å². The Kier molecular flexibility index (Phi) is 3.34. The summed E-state index contributed by atoms with van der Waals surface area (Å²) in [6.45, 7) is 3.98. The Morgan fingerprint density at radius 1 is 1.40 bits per heavy atom. The number of fused-ring (bicyclic) bond motifs is 1. The first-order valence-corrected chi connectivity index (χ1v) is 7.21. The number of rotatable bonds is 2. The molecule has 0 saturated carbocycles. The smallest absolute Gasteiger partial charge is 0.0909 e. The largest absolute Gasteiger partial charge is 0.388 e. The highest BCUT2D eigenvalue weighted by Gasteiger charge is 2.31. The van der Waals surface area contributed by atoms with Crippen LogP contribution < -0.4 is 0 Å². The van der Waals surface area contributed by atoms with Gasteiger partial charge in [0, 0.05) is 36.1 Å². The van der Waals surface area contributed by atoms with Gasteiger partial charge in [0.15, 0.2) is 0 Å². The standard InChI is InChI=1S/C16H21N3O/c1-10-14(11(2)19(3)18-10)16(20)13-8-4-6-12-7-5-9-17-15(12)13/h5,7,9,13,16,20H,4,6,8H2,1-3H3. The Bertz CT molecular complexity index is 633. The molecule has 20 heavy (non-hydrogen) atoms. The zero-order chi connectivity index (χ0) is 14.3. The molecule has 106 valence electrons. The molecule has 3 rings (SSSR count). The minimum Gasteiger partial charge on any atom is -0.388 e. The quantitative estimate of drug-likeness (QED) is 0.913. The number of aliphatic hydroxyl groups excluding tert-OH is 1. The number of hydrogen-bond acceptors (Lipinski definition) is 3. The van der Waals surface area contributed by atoms with Gasteiger partial charge >= 0.3 is 0 Å². The SMILES string of the molecule is Cc1nn(C)c(C)c1C(O)C1CCCc2cccnc21. The van der Waals surface area contributed by atoms with E-state index >= 15 is 0 Å². The molecule has 2 aromatic rings. The Labute approximate surface area is 119 Å². The van der Waals surface area contributed by atoms with E-state index in [9.17, 15) is 5.11 Å². The summed E-state index contributed by atoms with van der Waals surface area (Å²) in [5.74, 6) is 0.0848. The summed E-state index contributed by atoms with van der Waals surface area (Å²) < 4.78 is 1.84. The van der Waals surface area contributed by atoms with E-state index in [-0.39, 0.29) is 5.92 Å². The van der Waals surface area contributed by atoms with Gasteiger partial charge in [-0.25, -0.2) is 0 Å². The Morgan fingerprint density at radius 3 is 2.90 bits per heavy atom. The third kappa shape index (κ3) is 2.04. The highest BCUT2D eigenvalue weighted by molar-refractivity contribution is 5.34. The Balaban J connectivity index is 2.02. The van der Waals surface area contributed by atoms with E-state index in [0.29, 0.717) is 0 Å². The molecule has 0 spiro atoms. The summed E-state index contributed by atoms with van der Waals surface area (Å²) in [6.07, 6.45) is 4.47. The zero-order valence-electron chi connectivity index (χ0n) is 12.3. The van der Waals surface area contributed by atoms with E-state index < -0.39 is 6.10 Å². The average molecular weight is 271 g/mol. The molecule has 1 aliphatic carbocycles. The minimum absolute atomic E-state index is 0.0848. The maximum atomic E-state index is 10.9. The van der Waals surface area contributed by atoms with E-state index in [1.54, 1.807) is 0 Å². The second-order valence-electron chi connectivity index (χ2n) is 5.70. The average Bonchev–Trinajstić information content (AvgIpc) is 2.71. The summed E-state index contributed by atoms with van der Waals surface area (Å²) in [4.78, 5) is 4.53. The lowest BCUT2D eigenvalue weighted by atomic mass is 9.80. The van der Waals surface area contributed by atoms with E-state index in [1.807, 2.05) is 37.8 Å². The van der Waals surface area contributed by atoms with E-state index in [4.69, 9.17) is 0 Å². The van der Waals surface area contributed by atoms with Gasteiger partial charge in [-0.05, 0) is 44.7 Å². The van der Waals surface area contributed by atoms with E-state index in [1.165, 1.54) is 5.56 Å². The zero-order valence-corrected chi connectivity index (χ0v) is 12.3. The Morgan fingerprint density at radius 2 is 2.20 bits per heavy atom. The van der Waals surface area contributed by atoms with Crippen molar-refractivity contribution in [1.29, 1.82) is 0 Å². The number of aliphatic hydroxyl groups is 1. The second kappa shape index (κ2) is 5.02. The lowest BCUT2D eigenvalue weighted by molar-refractivity contribution is 0.132. The van der Waals surface area contributed by atoms with Crippen LogP contribution in [0.15, 0.2) is 18.3 Å². The van der Waals surface area contributed by atoms with Gasteiger partial charge in [-0.1, -0.05) is 6.07 Å². The van der Waals surface area contributed by atoms with Crippen LogP contribution in [0.5, 0.6) is 0 Å². The fraction of sp³-hybridized carbons (Fsp3) is 0.500. The molecule has 2 unspecified atom stereocenters. The first kappa shape index (κ1) is 13.3. The van der Waals surface area contributed by atoms with Gasteiger partial charge in [0.2, 0.25) is 0 Å². The van der Waals surface area contributed by atoms with Crippen LogP contribution in [0.25, 0.3) is 0 Å². The third-order valence-corrected chi connectivity index (χ3v) is 4.48. The highest BCUT2D eigenvalue weighted by atomic mass is 16.3. The van der Waals surface area contributed by atoms with Crippen molar-refractivity contribution in [3.05, 3.63) is 46.5 Å². The second-order valence-corrected chi connectivity index (χ2v) is 5.70. The van der Waals surface area contributed by atoms with Gasteiger partial charge in [0.1, 0.15) is 0 Å². The summed E-state index contributed by atoms with van der Waals surface area (Å²) in [7, 11) is 1.92. The summed E-state index contributed by atoms with van der Waals surface area (Å²) >= 11 is 0. The fourth-order valence-corrected chi connectivity index (χ4v) is 3.37. The van der Waals surface area contributed by atoms with Crippen LogP contribution in [0.1, 0.15) is 53.1 Å². The van der Waals surface area contributed by atoms with Crippen LogP contribution in [0, 0.1) is 13.8 Å². The summed E-state index contributed by atoms with van der Waals surface area (Å²) in [6, 6.07) is 4.11. The molecular weight excluding hydrogens is 250 g/mol. The molecule has 1 aliphatic rings. The van der Waals surface area contributed by atoms with Crippen molar-refractivity contribution >= 4 is 0 Å². The van der Waals surface area contributed by atoms with Gasteiger partial charge in [-0.15, -0.1) is 0 Å². The topological polar surface area (TPSA) is 50.9 Å². The summed E-state index contributed by atoms with van der Waals surface area (Å²) in [5, 5.41) is 15.3. The van der Waals surface area contributed by atoms with Crippen molar-refractivity contribution in [3.8, 4) is 0 Å². The van der Waals surface area contributed by atoms with Crippen LogP contribution in [-0.4, -0.2) is 19.9 Å². The number of nitrogens with zero attached hydrogens (tertiary/aromatic N) is 3. The molecule has 0 amide bonds. The lowest BCUT2D eigenvalue weighted by Gasteiger charge is -2.28. The maximum Gasteiger partial charge on any atom is 0.0909 e. The van der Waals surface area contributed by atoms with Crippen LogP contribution >= 0.6 is 0 Å². The molecule has 4 heteroatoms. The van der Waals surface area contributed by atoms with Gasteiger partial charge in [-0.3, -0.25) is 9.67 Å². The maximum absolute atomic E-state index is 10.9. The molecule has 0 bridgehead atoms. The van der Waals surface area contributed by atoms with Crippen LogP contribution in [0.2, 0.25) is 0 Å². The van der Waals surface area contributed by atoms with Crippen molar-refractivity contribution in [1.82, 2.24) is 14.8 Å². The minimum atomic E-state index is -0.516. The number of aryl methyl sites for hydroxylation is 3. The molecule has 0 saturated heterocycles. The predicted molar refractivity (Wildman–Crippen MR) is 77.6 cm³/mol. The van der Waals surface area contributed by atoms with E-state index in [2.05, 4.69) is 16.1 Å². The Hall–Kier alpha value is -1.68. The first-order chi connectivity index (χ1) is 9.59. The van der Waals surface area contributed by atoms with Gasteiger partial charge in [0.05, 0.1) is 11.8 Å². The third-order valence-electron chi connectivity index (χ3n) is 4.48. The molecule has 0 fully saturated rings. The molecule has 0 radical (unpaired) electrons. The van der Waals surface area contributed by atoms with Crippen LogP contribution in [-0.2, 0) is 13.5 Å². The van der Waals surface area contributed by atoms with Gasteiger partial charge in [0.25, 0.3) is 0 Å². The molecule has 0 aromatic carbocycles. The molecule has 4 nitrogen and oxygen atoms in total. The van der Waals surface area contributed by atoms with Crippen molar-refractivity contribution in [2.75, 3.05) is 0 Å². The number of hydrogen-bond donors (Lipinski definition) is 1. The number of aromatic nitrogens is 3. The first-order valence-electron chi connectivity index (χ1n) is 7.21. The molecule has 0 aliphatic heterocycles. The van der Waals surface area contributed by atoms with Gasteiger partial charge < -0.3 is 5.11 Å². The lowest BCUT2D eigenvalue weighted by Crippen LogP contribution is -2.19. The van der Waals surface area contributed by atoms with Crippen molar-refractivity contribution in [3.63, 3.8) is 0 Å². The van der Waals surface area contributed by atoms with Crippen molar-refractivity contribution in [2.45, 2.75) is 45.1 Å². The van der Waals surface area contributed by atoms with Crippen molar-refractivity contribution < 1.29 is 5.11 Å². The molecule has 1 N–H and O–H groups in total. The molecular formula is C16H21N3O. The number of pyridine rings is 1. The van der Waals surface area contributed by atoms with Crippen molar-refractivity contribution in [2.24, 2.45) is 7.05 Å². The summed E-state index contributed by atoms with van der Waals surface area (Å²) in [5.41, 5.74) is 5.27.